The Balaban J connectivity index is 1.40. The van der Waals surface area contributed by atoms with Crippen molar-refractivity contribution in [2.24, 2.45) is 22.7 Å². The lowest BCUT2D eigenvalue weighted by Gasteiger charge is -2.30. The SMILES string of the molecule is CC(C)(C)NC(=O)CC1(O)C[C@H]2CC(C3CC=Nc4ccc(F)cc43)C[C@H]2C1. The van der Waals surface area contributed by atoms with E-state index >= 15 is 0 Å². The third kappa shape index (κ3) is 4.00. The van der Waals surface area contributed by atoms with Crippen molar-refractivity contribution in [2.75, 3.05) is 0 Å². The highest BCUT2D eigenvalue weighted by atomic mass is 19.1. The number of aliphatic hydroxyl groups is 1. The average Bonchev–Trinajstić information content (AvgIpc) is 3.06. The van der Waals surface area contributed by atoms with Crippen molar-refractivity contribution < 1.29 is 14.3 Å². The van der Waals surface area contributed by atoms with E-state index in [-0.39, 0.29) is 23.7 Å². The molecule has 2 aliphatic carbocycles. The predicted octanol–water partition coefficient (Wildman–Crippen LogP) is 4.49. The van der Waals surface area contributed by atoms with E-state index in [9.17, 15) is 14.3 Å². The van der Waals surface area contributed by atoms with E-state index in [4.69, 9.17) is 0 Å². The molecule has 2 saturated carbocycles. The smallest absolute Gasteiger partial charge is 0.223 e. The number of nitrogens with zero attached hydrogens (tertiary/aromatic N) is 1. The highest BCUT2D eigenvalue weighted by Gasteiger charge is 2.50. The van der Waals surface area contributed by atoms with Crippen molar-refractivity contribution in [3.05, 3.63) is 29.6 Å². The number of rotatable bonds is 3. The second-order valence-electron chi connectivity index (χ2n) is 10.2. The van der Waals surface area contributed by atoms with Crippen LogP contribution in [0.25, 0.3) is 0 Å². The van der Waals surface area contributed by atoms with Crippen LogP contribution in [0.4, 0.5) is 10.1 Å². The van der Waals surface area contributed by atoms with Gasteiger partial charge in [-0.1, -0.05) is 0 Å². The van der Waals surface area contributed by atoms with Crippen molar-refractivity contribution in [3.8, 4) is 0 Å². The molecule has 0 spiro atoms. The van der Waals surface area contributed by atoms with E-state index in [0.717, 1.165) is 30.5 Å². The second-order valence-corrected chi connectivity index (χ2v) is 10.2. The Hall–Kier alpha value is -1.75. The van der Waals surface area contributed by atoms with Gasteiger partial charge >= 0.3 is 0 Å². The number of aliphatic imine (C=N–C) groups is 1. The average molecular weight is 387 g/mol. The number of nitrogens with one attached hydrogen (secondary N) is 1. The van der Waals surface area contributed by atoms with Crippen LogP contribution in [0.3, 0.4) is 0 Å². The minimum absolute atomic E-state index is 0.0700. The number of carbonyl (C=O) groups excluding carboxylic acids is 1. The predicted molar refractivity (Wildman–Crippen MR) is 108 cm³/mol. The summed E-state index contributed by atoms with van der Waals surface area (Å²) < 4.78 is 13.8. The molecule has 1 aliphatic heterocycles. The van der Waals surface area contributed by atoms with Crippen molar-refractivity contribution in [3.63, 3.8) is 0 Å². The molecule has 4 rings (SSSR count). The molecule has 0 aromatic heterocycles. The number of hydrogen-bond donors (Lipinski definition) is 2. The van der Waals surface area contributed by atoms with Crippen LogP contribution in [0, 0.1) is 23.6 Å². The molecule has 2 fully saturated rings. The highest BCUT2D eigenvalue weighted by Crippen LogP contribution is 2.56. The van der Waals surface area contributed by atoms with Crippen LogP contribution in [-0.2, 0) is 4.79 Å². The first kappa shape index (κ1) is 19.6. The van der Waals surface area contributed by atoms with Gasteiger partial charge in [0.05, 0.1) is 17.7 Å². The molecular formula is C23H31FN2O2. The van der Waals surface area contributed by atoms with Crippen molar-refractivity contribution in [1.82, 2.24) is 5.32 Å². The maximum atomic E-state index is 13.8. The molecule has 0 saturated heterocycles. The summed E-state index contributed by atoms with van der Waals surface area (Å²) in [5.41, 5.74) is 0.767. The van der Waals surface area contributed by atoms with Gasteiger partial charge in [0.25, 0.3) is 0 Å². The van der Waals surface area contributed by atoms with Crippen LogP contribution in [0.1, 0.15) is 70.8 Å². The van der Waals surface area contributed by atoms with Gasteiger partial charge in [-0.3, -0.25) is 9.79 Å². The molecule has 4 nitrogen and oxygen atoms in total. The zero-order chi connectivity index (χ0) is 20.1. The first-order chi connectivity index (χ1) is 13.1. The highest BCUT2D eigenvalue weighted by molar-refractivity contribution is 5.77. The van der Waals surface area contributed by atoms with Crippen LogP contribution in [0.15, 0.2) is 23.2 Å². The molecule has 0 radical (unpaired) electrons. The lowest BCUT2D eigenvalue weighted by Crippen LogP contribution is -2.44. The van der Waals surface area contributed by atoms with E-state index in [1.54, 1.807) is 12.1 Å². The summed E-state index contributed by atoms with van der Waals surface area (Å²) in [4.78, 5) is 16.7. The Bertz CT molecular complexity index is 784. The van der Waals surface area contributed by atoms with Gasteiger partial charge in [0.15, 0.2) is 0 Å². The third-order valence-electron chi connectivity index (χ3n) is 6.71. The minimum atomic E-state index is -0.881. The Kier molecular flexibility index (Phi) is 4.85. The molecule has 2 N–H and O–H groups in total. The number of carbonyl (C=O) groups is 1. The molecule has 1 aromatic rings. The maximum Gasteiger partial charge on any atom is 0.223 e. The fourth-order valence-electron chi connectivity index (χ4n) is 5.83. The molecule has 5 heteroatoms. The molecule has 0 bridgehead atoms. The van der Waals surface area contributed by atoms with Crippen molar-refractivity contribution >= 4 is 17.8 Å². The molecular weight excluding hydrogens is 355 g/mol. The van der Waals surface area contributed by atoms with Crippen LogP contribution < -0.4 is 5.32 Å². The molecule has 1 heterocycles. The van der Waals surface area contributed by atoms with Crippen LogP contribution in [0.5, 0.6) is 0 Å². The summed E-state index contributed by atoms with van der Waals surface area (Å²) in [6.07, 6.45) is 6.49. The summed E-state index contributed by atoms with van der Waals surface area (Å²) in [6.45, 7) is 5.87. The standard InChI is InChI=1S/C23H31FN2O2/c1-22(2,3)26-21(27)13-23(28)11-15-8-14(9-16(15)12-23)18-6-7-25-20-5-4-17(24)10-19(18)20/h4-5,7,10,14-16,18,28H,6,8-9,11-13H2,1-3H3,(H,26,27)/t14?,15-,16+,18?,23?. The fourth-order valence-corrected chi connectivity index (χ4v) is 5.83. The van der Waals surface area contributed by atoms with E-state index in [2.05, 4.69) is 10.3 Å². The molecule has 3 aliphatic rings. The van der Waals surface area contributed by atoms with E-state index in [0.29, 0.717) is 36.5 Å². The minimum Gasteiger partial charge on any atom is -0.389 e. The summed E-state index contributed by atoms with van der Waals surface area (Å²) in [7, 11) is 0. The zero-order valence-electron chi connectivity index (χ0n) is 17.0. The number of benzene rings is 1. The molecule has 152 valence electrons. The van der Waals surface area contributed by atoms with Gasteiger partial charge in [0, 0.05) is 11.8 Å². The van der Waals surface area contributed by atoms with Gasteiger partial charge in [0.2, 0.25) is 5.91 Å². The van der Waals surface area contributed by atoms with Crippen molar-refractivity contribution in [1.29, 1.82) is 0 Å². The van der Waals surface area contributed by atoms with Gasteiger partial charge in [-0.25, -0.2) is 4.39 Å². The molecule has 28 heavy (non-hydrogen) atoms. The second kappa shape index (κ2) is 6.94. The summed E-state index contributed by atoms with van der Waals surface area (Å²) in [6, 6.07) is 4.90. The molecule has 5 atom stereocenters. The first-order valence-electron chi connectivity index (χ1n) is 10.5. The van der Waals surface area contributed by atoms with Gasteiger partial charge < -0.3 is 10.4 Å². The lowest BCUT2D eigenvalue weighted by atomic mass is 9.78. The Morgan fingerprint density at radius 3 is 2.57 bits per heavy atom. The van der Waals surface area contributed by atoms with Crippen LogP contribution in [0.2, 0.25) is 0 Å². The van der Waals surface area contributed by atoms with E-state index in [1.165, 1.54) is 6.07 Å². The summed E-state index contributed by atoms with van der Waals surface area (Å²) in [5.74, 6) is 1.45. The quantitative estimate of drug-likeness (QED) is 0.804. The van der Waals surface area contributed by atoms with E-state index < -0.39 is 5.60 Å². The van der Waals surface area contributed by atoms with Crippen LogP contribution >= 0.6 is 0 Å². The topological polar surface area (TPSA) is 61.7 Å². The Morgan fingerprint density at radius 1 is 1.25 bits per heavy atom. The number of halogens is 1. The molecule has 1 amide bonds. The largest absolute Gasteiger partial charge is 0.389 e. The van der Waals surface area contributed by atoms with Gasteiger partial charge in [-0.2, -0.15) is 0 Å². The van der Waals surface area contributed by atoms with Gasteiger partial charge in [-0.05, 0) is 100 Å². The fraction of sp³-hybridized carbons (Fsp3) is 0.652. The lowest BCUT2D eigenvalue weighted by molar-refractivity contribution is -0.127. The molecule has 3 unspecified atom stereocenters. The van der Waals surface area contributed by atoms with Crippen molar-refractivity contribution in [2.45, 2.75) is 76.4 Å². The molecule has 1 aromatic carbocycles. The third-order valence-corrected chi connectivity index (χ3v) is 6.71. The van der Waals surface area contributed by atoms with E-state index in [1.807, 2.05) is 27.0 Å². The summed E-state index contributed by atoms with van der Waals surface area (Å²) >= 11 is 0. The summed E-state index contributed by atoms with van der Waals surface area (Å²) in [5, 5.41) is 14.0. The normalized spacial score (nSPS) is 34.2. The van der Waals surface area contributed by atoms with Gasteiger partial charge in [-0.15, -0.1) is 0 Å². The Morgan fingerprint density at radius 2 is 1.93 bits per heavy atom. The van der Waals surface area contributed by atoms with Crippen LogP contribution in [-0.4, -0.2) is 28.4 Å². The Labute approximate surface area is 166 Å². The van der Waals surface area contributed by atoms with Gasteiger partial charge in [0.1, 0.15) is 5.82 Å². The maximum absolute atomic E-state index is 13.8. The number of fused-ring (bicyclic) bond motifs is 2. The first-order valence-corrected chi connectivity index (χ1v) is 10.5. The monoisotopic (exact) mass is 386 g/mol. The number of amides is 1. The number of hydrogen-bond acceptors (Lipinski definition) is 3. The zero-order valence-corrected chi connectivity index (χ0v) is 17.0.